The summed E-state index contributed by atoms with van der Waals surface area (Å²) >= 11 is 14.4. The van der Waals surface area contributed by atoms with E-state index >= 15 is 0 Å². The summed E-state index contributed by atoms with van der Waals surface area (Å²) in [4.78, 5) is 24.8. The molecule has 10 heteroatoms. The zero-order valence-electron chi connectivity index (χ0n) is 15.8. The summed E-state index contributed by atoms with van der Waals surface area (Å²) in [5.41, 5.74) is 1.00. The van der Waals surface area contributed by atoms with E-state index in [9.17, 15) is 9.59 Å². The molecule has 6 nitrogen and oxygen atoms in total. The maximum Gasteiger partial charge on any atom is 0.259 e. The van der Waals surface area contributed by atoms with Crippen molar-refractivity contribution in [2.75, 3.05) is 16.4 Å². The number of rotatable bonds is 6. The highest BCUT2D eigenvalue weighted by Gasteiger charge is 2.15. The van der Waals surface area contributed by atoms with E-state index in [2.05, 4.69) is 20.8 Å². The van der Waals surface area contributed by atoms with E-state index in [0.29, 0.717) is 14.5 Å². The summed E-state index contributed by atoms with van der Waals surface area (Å²) in [7, 11) is 0. The minimum absolute atomic E-state index is 0.159. The van der Waals surface area contributed by atoms with E-state index in [4.69, 9.17) is 23.2 Å². The summed E-state index contributed by atoms with van der Waals surface area (Å²) in [5.74, 6) is -0.437. The van der Waals surface area contributed by atoms with Gasteiger partial charge in [-0.05, 0) is 29.7 Å². The molecule has 0 aliphatic rings. The average Bonchev–Trinajstić information content (AvgIpc) is 3.21. The highest BCUT2D eigenvalue weighted by molar-refractivity contribution is 8.01. The molecular formula is C21H14Cl2N4O2S2. The van der Waals surface area contributed by atoms with Crippen molar-refractivity contribution in [1.82, 2.24) is 10.2 Å². The van der Waals surface area contributed by atoms with Crippen molar-refractivity contribution in [1.29, 1.82) is 0 Å². The van der Waals surface area contributed by atoms with Crippen LogP contribution < -0.4 is 10.6 Å². The maximum atomic E-state index is 12.4. The molecule has 0 aliphatic carbocycles. The molecule has 0 fully saturated rings. The monoisotopic (exact) mass is 488 g/mol. The van der Waals surface area contributed by atoms with Crippen molar-refractivity contribution in [3.8, 4) is 0 Å². The third-order valence-electron chi connectivity index (χ3n) is 4.19. The Balaban J connectivity index is 1.35. The molecule has 0 bridgehead atoms. The van der Waals surface area contributed by atoms with E-state index in [1.165, 1.54) is 29.2 Å². The van der Waals surface area contributed by atoms with Gasteiger partial charge < -0.3 is 5.32 Å². The Kier molecular flexibility index (Phi) is 6.72. The summed E-state index contributed by atoms with van der Waals surface area (Å²) in [6, 6.07) is 18.2. The zero-order chi connectivity index (χ0) is 21.8. The molecule has 0 saturated heterocycles. The number of amides is 2. The molecule has 1 aromatic heterocycles. The first-order chi connectivity index (χ1) is 15.0. The number of hydrogen-bond donors (Lipinski definition) is 2. The molecule has 156 valence electrons. The molecule has 0 aliphatic heterocycles. The number of carbonyl (C=O) groups is 2. The molecule has 4 rings (SSSR count). The van der Waals surface area contributed by atoms with Crippen LogP contribution in [0.3, 0.4) is 0 Å². The molecule has 0 atom stereocenters. The lowest BCUT2D eigenvalue weighted by Crippen LogP contribution is -2.14. The number of anilines is 2. The summed E-state index contributed by atoms with van der Waals surface area (Å²) in [5, 5.41) is 16.5. The lowest BCUT2D eigenvalue weighted by molar-refractivity contribution is -0.113. The number of benzene rings is 3. The normalized spacial score (nSPS) is 10.8. The number of carbonyl (C=O) groups excluding carboxylic acids is 2. The molecular weight excluding hydrogens is 475 g/mol. The molecule has 4 aromatic rings. The third kappa shape index (κ3) is 5.34. The first-order valence-electron chi connectivity index (χ1n) is 9.00. The highest BCUT2D eigenvalue weighted by Crippen LogP contribution is 2.28. The summed E-state index contributed by atoms with van der Waals surface area (Å²) < 4.78 is 0.556. The molecule has 3 aromatic carbocycles. The van der Waals surface area contributed by atoms with Gasteiger partial charge in [-0.1, -0.05) is 82.7 Å². The zero-order valence-corrected chi connectivity index (χ0v) is 18.9. The van der Waals surface area contributed by atoms with Crippen LogP contribution in [0.15, 0.2) is 65.0 Å². The van der Waals surface area contributed by atoms with Crippen LogP contribution in [0.1, 0.15) is 10.4 Å². The molecule has 0 radical (unpaired) electrons. The SMILES string of the molecule is O=C(CSc1nnc(NC(=O)c2cc(Cl)ccc2Cl)s1)Nc1cccc2ccccc12. The molecule has 2 amide bonds. The predicted octanol–water partition coefficient (Wildman–Crippen LogP) is 5.98. The van der Waals surface area contributed by atoms with Crippen LogP contribution >= 0.6 is 46.3 Å². The maximum absolute atomic E-state index is 12.4. The summed E-state index contributed by atoms with van der Waals surface area (Å²) in [6.07, 6.45) is 0. The molecule has 0 saturated carbocycles. The van der Waals surface area contributed by atoms with Gasteiger partial charge >= 0.3 is 0 Å². The van der Waals surface area contributed by atoms with Crippen LogP contribution in [-0.2, 0) is 4.79 Å². The Labute approximate surface area is 196 Å². The molecule has 31 heavy (non-hydrogen) atoms. The third-order valence-corrected chi connectivity index (χ3v) is 6.73. The second-order valence-corrected chi connectivity index (χ2v) is 9.36. The van der Waals surface area contributed by atoms with Crippen LogP contribution in [0.2, 0.25) is 10.0 Å². The van der Waals surface area contributed by atoms with Crippen LogP contribution in [0.25, 0.3) is 10.8 Å². The predicted molar refractivity (Wildman–Crippen MR) is 128 cm³/mol. The Bertz CT molecular complexity index is 1270. The molecule has 1 heterocycles. The second-order valence-electron chi connectivity index (χ2n) is 6.31. The topological polar surface area (TPSA) is 84.0 Å². The fourth-order valence-corrected chi connectivity index (χ4v) is 4.73. The van der Waals surface area contributed by atoms with Crippen molar-refractivity contribution < 1.29 is 9.59 Å². The average molecular weight is 489 g/mol. The van der Waals surface area contributed by atoms with Gasteiger partial charge in [0.1, 0.15) is 0 Å². The van der Waals surface area contributed by atoms with E-state index < -0.39 is 5.91 Å². The highest BCUT2D eigenvalue weighted by atomic mass is 35.5. The lowest BCUT2D eigenvalue weighted by atomic mass is 10.1. The minimum Gasteiger partial charge on any atom is -0.325 e. The number of aromatic nitrogens is 2. The van der Waals surface area contributed by atoms with Gasteiger partial charge in [0.05, 0.1) is 16.3 Å². The number of fused-ring (bicyclic) bond motifs is 1. The Hall–Kier alpha value is -2.65. The lowest BCUT2D eigenvalue weighted by Gasteiger charge is -2.08. The van der Waals surface area contributed by atoms with Crippen molar-refractivity contribution >= 4 is 79.7 Å². The Morgan fingerprint density at radius 2 is 1.77 bits per heavy atom. The van der Waals surface area contributed by atoms with Crippen molar-refractivity contribution in [3.05, 3.63) is 76.3 Å². The van der Waals surface area contributed by atoms with Gasteiger partial charge in [-0.25, -0.2) is 0 Å². The number of nitrogens with zero attached hydrogens (tertiary/aromatic N) is 2. The van der Waals surface area contributed by atoms with Crippen LogP contribution in [0.4, 0.5) is 10.8 Å². The number of thioether (sulfide) groups is 1. The van der Waals surface area contributed by atoms with Gasteiger partial charge in [0.2, 0.25) is 11.0 Å². The molecule has 0 unspecified atom stereocenters. The Morgan fingerprint density at radius 3 is 2.65 bits per heavy atom. The Morgan fingerprint density at radius 1 is 0.968 bits per heavy atom. The van der Waals surface area contributed by atoms with Gasteiger partial charge in [0.25, 0.3) is 5.91 Å². The van der Waals surface area contributed by atoms with E-state index in [1.54, 1.807) is 12.1 Å². The minimum atomic E-state index is -0.436. The first-order valence-corrected chi connectivity index (χ1v) is 11.6. The molecule has 2 N–H and O–H groups in total. The number of nitrogens with one attached hydrogen (secondary N) is 2. The number of hydrogen-bond acceptors (Lipinski definition) is 6. The van der Waals surface area contributed by atoms with Crippen molar-refractivity contribution in [2.24, 2.45) is 0 Å². The fraction of sp³-hybridized carbons (Fsp3) is 0.0476. The second kappa shape index (κ2) is 9.65. The van der Waals surface area contributed by atoms with E-state index in [0.717, 1.165) is 16.5 Å². The fourth-order valence-electron chi connectivity index (χ4n) is 2.80. The van der Waals surface area contributed by atoms with Crippen molar-refractivity contribution in [3.63, 3.8) is 0 Å². The van der Waals surface area contributed by atoms with Gasteiger partial charge in [-0.2, -0.15) is 0 Å². The van der Waals surface area contributed by atoms with Crippen molar-refractivity contribution in [2.45, 2.75) is 4.34 Å². The largest absolute Gasteiger partial charge is 0.325 e. The standard InChI is InChI=1S/C21H14Cl2N4O2S2/c22-13-8-9-16(23)15(10-13)19(29)25-20-26-27-21(31-20)30-11-18(28)24-17-7-3-5-12-4-1-2-6-14(12)17/h1-10H,11H2,(H,24,28)(H,25,26,29). The van der Waals surface area contributed by atoms with E-state index in [-0.39, 0.29) is 22.2 Å². The smallest absolute Gasteiger partial charge is 0.259 e. The summed E-state index contributed by atoms with van der Waals surface area (Å²) in [6.45, 7) is 0. The van der Waals surface area contributed by atoms with Crippen LogP contribution in [-0.4, -0.2) is 27.8 Å². The van der Waals surface area contributed by atoms with Crippen LogP contribution in [0.5, 0.6) is 0 Å². The van der Waals surface area contributed by atoms with Gasteiger partial charge in [0.15, 0.2) is 4.34 Å². The quantitative estimate of drug-likeness (QED) is 0.257. The van der Waals surface area contributed by atoms with Gasteiger partial charge in [0, 0.05) is 16.1 Å². The molecule has 0 spiro atoms. The van der Waals surface area contributed by atoms with E-state index in [1.807, 2.05) is 42.5 Å². The van der Waals surface area contributed by atoms with Gasteiger partial charge in [-0.15, -0.1) is 10.2 Å². The van der Waals surface area contributed by atoms with Gasteiger partial charge in [-0.3, -0.25) is 14.9 Å². The number of halogens is 2. The first kappa shape index (κ1) is 21.6. The van der Waals surface area contributed by atoms with Crippen LogP contribution in [0, 0.1) is 0 Å².